The fraction of sp³-hybridized carbons (Fsp3) is 0.867. The Balaban J connectivity index is 2.06. The van der Waals surface area contributed by atoms with E-state index in [9.17, 15) is 15.3 Å². The SMILES string of the molecule is CC1(C)CC2C(O)C(CO)=C3CC(O)C3(C)C2C1. The Morgan fingerprint density at radius 2 is 1.83 bits per heavy atom. The van der Waals surface area contributed by atoms with E-state index in [2.05, 4.69) is 20.8 Å². The normalized spacial score (nSPS) is 49.7. The summed E-state index contributed by atoms with van der Waals surface area (Å²) in [7, 11) is 0. The molecule has 3 nitrogen and oxygen atoms in total. The average Bonchev–Trinajstić information content (AvgIpc) is 2.63. The summed E-state index contributed by atoms with van der Waals surface area (Å²) in [5, 5.41) is 30.3. The van der Waals surface area contributed by atoms with E-state index >= 15 is 0 Å². The van der Waals surface area contributed by atoms with Crippen molar-refractivity contribution in [2.75, 3.05) is 6.61 Å². The van der Waals surface area contributed by atoms with Crippen molar-refractivity contribution in [3.05, 3.63) is 11.1 Å². The van der Waals surface area contributed by atoms with Gasteiger partial charge < -0.3 is 15.3 Å². The van der Waals surface area contributed by atoms with Crippen molar-refractivity contribution in [3.8, 4) is 0 Å². The van der Waals surface area contributed by atoms with Gasteiger partial charge in [-0.3, -0.25) is 0 Å². The molecule has 0 spiro atoms. The largest absolute Gasteiger partial charge is 0.392 e. The van der Waals surface area contributed by atoms with Crippen LogP contribution in [0.1, 0.15) is 40.0 Å². The monoisotopic (exact) mass is 252 g/mol. The van der Waals surface area contributed by atoms with Gasteiger partial charge in [-0.15, -0.1) is 0 Å². The van der Waals surface area contributed by atoms with Crippen LogP contribution >= 0.6 is 0 Å². The minimum atomic E-state index is -0.502. The van der Waals surface area contributed by atoms with Gasteiger partial charge in [-0.25, -0.2) is 0 Å². The second-order valence-corrected chi connectivity index (χ2v) is 7.45. The molecule has 0 aromatic heterocycles. The fourth-order valence-corrected chi connectivity index (χ4v) is 4.87. The van der Waals surface area contributed by atoms with Crippen LogP contribution in [0.3, 0.4) is 0 Å². The standard InChI is InChI=1S/C15H24O3/c1-14(2)5-8-11(6-14)15(3)10(4-12(15)17)9(7-16)13(8)18/h8,11-13,16-18H,4-7H2,1-3H3. The van der Waals surface area contributed by atoms with Crippen molar-refractivity contribution in [1.29, 1.82) is 0 Å². The molecular formula is C15H24O3. The Hall–Kier alpha value is -0.380. The first-order chi connectivity index (χ1) is 8.31. The third kappa shape index (κ3) is 1.36. The Kier molecular flexibility index (Phi) is 2.52. The third-order valence-corrected chi connectivity index (χ3v) is 5.91. The first-order valence-electron chi connectivity index (χ1n) is 7.00. The average molecular weight is 252 g/mol. The topological polar surface area (TPSA) is 60.7 Å². The smallest absolute Gasteiger partial charge is 0.0806 e. The highest BCUT2D eigenvalue weighted by Crippen LogP contribution is 2.66. The molecule has 102 valence electrons. The molecule has 0 aromatic rings. The quantitative estimate of drug-likeness (QED) is 0.619. The molecule has 3 N–H and O–H groups in total. The summed E-state index contributed by atoms with van der Waals surface area (Å²) in [6, 6.07) is 0. The second-order valence-electron chi connectivity index (χ2n) is 7.45. The Morgan fingerprint density at radius 3 is 2.39 bits per heavy atom. The molecule has 0 radical (unpaired) electrons. The molecule has 3 rings (SSSR count). The molecule has 2 saturated carbocycles. The van der Waals surface area contributed by atoms with Crippen molar-refractivity contribution in [1.82, 2.24) is 0 Å². The first-order valence-corrected chi connectivity index (χ1v) is 7.00. The molecule has 0 aromatic carbocycles. The Labute approximate surface area is 109 Å². The molecule has 0 aliphatic heterocycles. The van der Waals surface area contributed by atoms with E-state index in [0.717, 1.165) is 24.0 Å². The van der Waals surface area contributed by atoms with Gasteiger partial charge in [-0.05, 0) is 42.1 Å². The molecule has 3 aliphatic rings. The zero-order valence-corrected chi connectivity index (χ0v) is 11.5. The van der Waals surface area contributed by atoms with Crippen LogP contribution in [0.2, 0.25) is 0 Å². The summed E-state index contributed by atoms with van der Waals surface area (Å²) in [5.74, 6) is 0.558. The van der Waals surface area contributed by atoms with Crippen LogP contribution in [0, 0.1) is 22.7 Å². The number of aliphatic hydroxyl groups is 3. The number of aliphatic hydroxyl groups excluding tert-OH is 3. The van der Waals surface area contributed by atoms with Gasteiger partial charge in [0.15, 0.2) is 0 Å². The second kappa shape index (κ2) is 3.59. The van der Waals surface area contributed by atoms with E-state index in [1.807, 2.05) is 0 Å². The van der Waals surface area contributed by atoms with E-state index in [1.165, 1.54) is 0 Å². The molecule has 0 saturated heterocycles. The highest BCUT2D eigenvalue weighted by Gasteiger charge is 2.62. The van der Waals surface area contributed by atoms with Crippen LogP contribution in [0.25, 0.3) is 0 Å². The van der Waals surface area contributed by atoms with Gasteiger partial charge in [-0.1, -0.05) is 26.3 Å². The van der Waals surface area contributed by atoms with E-state index in [4.69, 9.17) is 0 Å². The minimum absolute atomic E-state index is 0.0670. The number of hydrogen-bond acceptors (Lipinski definition) is 3. The van der Waals surface area contributed by atoms with Crippen LogP contribution < -0.4 is 0 Å². The summed E-state index contributed by atoms with van der Waals surface area (Å²) in [4.78, 5) is 0. The van der Waals surface area contributed by atoms with Gasteiger partial charge in [0.05, 0.1) is 18.8 Å². The molecule has 3 heteroatoms. The maximum Gasteiger partial charge on any atom is 0.0806 e. The lowest BCUT2D eigenvalue weighted by Crippen LogP contribution is -2.57. The van der Waals surface area contributed by atoms with Gasteiger partial charge >= 0.3 is 0 Å². The maximum atomic E-state index is 10.5. The van der Waals surface area contributed by atoms with Gasteiger partial charge in [0.1, 0.15) is 0 Å². The van der Waals surface area contributed by atoms with Crippen molar-refractivity contribution >= 4 is 0 Å². The molecule has 3 aliphatic carbocycles. The molecule has 0 heterocycles. The van der Waals surface area contributed by atoms with Crippen molar-refractivity contribution < 1.29 is 15.3 Å². The number of fused-ring (bicyclic) bond motifs is 3. The zero-order valence-electron chi connectivity index (χ0n) is 11.5. The van der Waals surface area contributed by atoms with E-state index < -0.39 is 6.10 Å². The summed E-state index contributed by atoms with van der Waals surface area (Å²) in [6.07, 6.45) is 1.87. The molecule has 5 atom stereocenters. The highest BCUT2D eigenvalue weighted by molar-refractivity contribution is 5.40. The van der Waals surface area contributed by atoms with Gasteiger partial charge in [0, 0.05) is 5.41 Å². The van der Waals surface area contributed by atoms with Gasteiger partial charge in [-0.2, -0.15) is 0 Å². The summed E-state index contributed by atoms with van der Waals surface area (Å²) < 4.78 is 0. The van der Waals surface area contributed by atoms with Crippen LogP contribution in [0.15, 0.2) is 11.1 Å². The van der Waals surface area contributed by atoms with E-state index in [1.54, 1.807) is 0 Å². The summed E-state index contributed by atoms with van der Waals surface area (Å²) >= 11 is 0. The highest BCUT2D eigenvalue weighted by atomic mass is 16.3. The zero-order chi connectivity index (χ0) is 13.3. The molecule has 2 fully saturated rings. The van der Waals surface area contributed by atoms with E-state index in [-0.39, 0.29) is 29.5 Å². The first kappa shape index (κ1) is 12.6. The summed E-state index contributed by atoms with van der Waals surface area (Å²) in [5.41, 5.74) is 1.95. The molecular weight excluding hydrogens is 228 g/mol. The van der Waals surface area contributed by atoms with Crippen LogP contribution in [0.5, 0.6) is 0 Å². The van der Waals surface area contributed by atoms with Crippen molar-refractivity contribution in [3.63, 3.8) is 0 Å². The van der Waals surface area contributed by atoms with Crippen molar-refractivity contribution in [2.24, 2.45) is 22.7 Å². The number of hydrogen-bond donors (Lipinski definition) is 3. The lowest BCUT2D eigenvalue weighted by molar-refractivity contribution is -0.0813. The van der Waals surface area contributed by atoms with Crippen LogP contribution in [-0.4, -0.2) is 34.1 Å². The Bertz CT molecular complexity index is 412. The van der Waals surface area contributed by atoms with E-state index in [0.29, 0.717) is 12.3 Å². The van der Waals surface area contributed by atoms with Gasteiger partial charge in [0.2, 0.25) is 0 Å². The maximum absolute atomic E-state index is 10.5. The molecule has 0 amide bonds. The van der Waals surface area contributed by atoms with Crippen LogP contribution in [-0.2, 0) is 0 Å². The lowest BCUT2D eigenvalue weighted by atomic mass is 9.49. The third-order valence-electron chi connectivity index (χ3n) is 5.91. The van der Waals surface area contributed by atoms with Crippen LogP contribution in [0.4, 0.5) is 0 Å². The predicted molar refractivity (Wildman–Crippen MR) is 68.8 cm³/mol. The predicted octanol–water partition coefficient (Wildman–Crippen LogP) is 1.47. The number of rotatable bonds is 1. The molecule has 5 unspecified atom stereocenters. The molecule has 18 heavy (non-hydrogen) atoms. The molecule has 0 bridgehead atoms. The fourth-order valence-electron chi connectivity index (χ4n) is 4.87. The minimum Gasteiger partial charge on any atom is -0.392 e. The Morgan fingerprint density at radius 1 is 1.17 bits per heavy atom. The lowest BCUT2D eigenvalue weighted by Gasteiger charge is -2.57. The summed E-state index contributed by atoms with van der Waals surface area (Å²) in [6.45, 7) is 6.54. The van der Waals surface area contributed by atoms with Crippen molar-refractivity contribution in [2.45, 2.75) is 52.2 Å². The van der Waals surface area contributed by atoms with Gasteiger partial charge in [0.25, 0.3) is 0 Å².